The molecule has 1 aromatic rings. The number of aryl methyl sites for hydroxylation is 2. The number of nitrogens with zero attached hydrogens (tertiary/aromatic N) is 2. The second-order valence-corrected chi connectivity index (χ2v) is 5.01. The van der Waals surface area contributed by atoms with E-state index in [1.165, 1.54) is 5.56 Å². The summed E-state index contributed by atoms with van der Waals surface area (Å²) in [6, 6.07) is 8.20. The maximum Gasteiger partial charge on any atom is 0.254 e. The number of piperidine rings is 1. The fraction of sp³-hybridized carbons (Fsp3) is 0.467. The summed E-state index contributed by atoms with van der Waals surface area (Å²) >= 11 is 0. The van der Waals surface area contributed by atoms with Crippen molar-refractivity contribution in [2.24, 2.45) is 5.92 Å². The summed E-state index contributed by atoms with van der Waals surface area (Å²) in [6.45, 7) is 5.40. The molecule has 1 saturated heterocycles. The SMILES string of the molecule is Cc1ccc(C(=O)N2CCC(C#N)CC2)c(C)c1. The van der Waals surface area contributed by atoms with Gasteiger partial charge in [-0.2, -0.15) is 5.26 Å². The molecule has 1 aromatic carbocycles. The van der Waals surface area contributed by atoms with Gasteiger partial charge in [-0.05, 0) is 38.3 Å². The van der Waals surface area contributed by atoms with Crippen LogP contribution >= 0.6 is 0 Å². The van der Waals surface area contributed by atoms with Crippen LogP contribution in [0, 0.1) is 31.1 Å². The third-order valence-electron chi connectivity index (χ3n) is 3.58. The normalized spacial score (nSPS) is 16.4. The zero-order valence-electron chi connectivity index (χ0n) is 10.9. The highest BCUT2D eigenvalue weighted by Gasteiger charge is 2.24. The number of hydrogen-bond donors (Lipinski definition) is 0. The minimum absolute atomic E-state index is 0.101. The topological polar surface area (TPSA) is 44.1 Å². The molecule has 3 heteroatoms. The highest BCUT2D eigenvalue weighted by atomic mass is 16.2. The molecule has 1 aliphatic rings. The number of carbonyl (C=O) groups excluding carboxylic acids is 1. The van der Waals surface area contributed by atoms with Crippen LogP contribution in [0.4, 0.5) is 0 Å². The van der Waals surface area contributed by atoms with E-state index in [0.29, 0.717) is 13.1 Å². The Balaban J connectivity index is 2.11. The molecular weight excluding hydrogens is 224 g/mol. The van der Waals surface area contributed by atoms with Gasteiger partial charge in [-0.1, -0.05) is 17.7 Å². The Morgan fingerprint density at radius 1 is 1.33 bits per heavy atom. The molecule has 1 fully saturated rings. The number of carbonyl (C=O) groups is 1. The Hall–Kier alpha value is -1.82. The number of rotatable bonds is 1. The summed E-state index contributed by atoms with van der Waals surface area (Å²) in [5.41, 5.74) is 2.99. The van der Waals surface area contributed by atoms with Gasteiger partial charge in [0.2, 0.25) is 0 Å². The molecule has 0 unspecified atom stereocenters. The van der Waals surface area contributed by atoms with Crippen LogP contribution in [0.5, 0.6) is 0 Å². The number of benzene rings is 1. The predicted octanol–water partition coefficient (Wildman–Crippen LogP) is 2.68. The van der Waals surface area contributed by atoms with Crippen molar-refractivity contribution >= 4 is 5.91 Å². The third kappa shape index (κ3) is 2.53. The Bertz CT molecular complexity index is 494. The van der Waals surface area contributed by atoms with Crippen molar-refractivity contribution in [2.75, 3.05) is 13.1 Å². The van der Waals surface area contributed by atoms with Gasteiger partial charge in [0.1, 0.15) is 0 Å². The van der Waals surface area contributed by atoms with Crippen LogP contribution in [0.15, 0.2) is 18.2 Å². The van der Waals surface area contributed by atoms with Crippen LogP contribution in [0.3, 0.4) is 0 Å². The Kier molecular flexibility index (Phi) is 3.66. The van der Waals surface area contributed by atoms with Crippen molar-refractivity contribution in [1.29, 1.82) is 5.26 Å². The van der Waals surface area contributed by atoms with E-state index >= 15 is 0 Å². The number of amides is 1. The van der Waals surface area contributed by atoms with Gasteiger partial charge in [0.05, 0.1) is 6.07 Å². The zero-order chi connectivity index (χ0) is 13.1. The van der Waals surface area contributed by atoms with E-state index in [-0.39, 0.29) is 11.8 Å². The molecule has 2 rings (SSSR count). The lowest BCUT2D eigenvalue weighted by atomic mass is 9.97. The smallest absolute Gasteiger partial charge is 0.254 e. The molecule has 0 aliphatic carbocycles. The minimum Gasteiger partial charge on any atom is -0.339 e. The molecule has 1 heterocycles. The van der Waals surface area contributed by atoms with Crippen molar-refractivity contribution in [1.82, 2.24) is 4.90 Å². The molecule has 0 aromatic heterocycles. The molecule has 94 valence electrons. The largest absolute Gasteiger partial charge is 0.339 e. The summed E-state index contributed by atoms with van der Waals surface area (Å²) in [6.07, 6.45) is 1.60. The molecule has 1 amide bonds. The molecule has 0 radical (unpaired) electrons. The quantitative estimate of drug-likeness (QED) is 0.760. The summed E-state index contributed by atoms with van der Waals surface area (Å²) in [5.74, 6) is 0.219. The molecule has 0 spiro atoms. The molecule has 3 nitrogen and oxygen atoms in total. The number of hydrogen-bond acceptors (Lipinski definition) is 2. The van der Waals surface area contributed by atoms with E-state index in [1.807, 2.05) is 36.9 Å². The maximum atomic E-state index is 12.4. The molecule has 0 N–H and O–H groups in total. The molecular formula is C15H18N2O. The van der Waals surface area contributed by atoms with Crippen molar-refractivity contribution < 1.29 is 4.79 Å². The average Bonchev–Trinajstić information content (AvgIpc) is 2.38. The van der Waals surface area contributed by atoms with Gasteiger partial charge >= 0.3 is 0 Å². The summed E-state index contributed by atoms with van der Waals surface area (Å²) in [4.78, 5) is 14.2. The van der Waals surface area contributed by atoms with E-state index in [1.54, 1.807) is 0 Å². The van der Waals surface area contributed by atoms with Crippen LogP contribution in [-0.4, -0.2) is 23.9 Å². The zero-order valence-corrected chi connectivity index (χ0v) is 10.9. The maximum absolute atomic E-state index is 12.4. The van der Waals surface area contributed by atoms with Crippen molar-refractivity contribution in [2.45, 2.75) is 26.7 Å². The number of nitriles is 1. The molecule has 0 saturated carbocycles. The standard InChI is InChI=1S/C15H18N2O/c1-11-3-4-14(12(2)9-11)15(18)17-7-5-13(10-16)6-8-17/h3-4,9,13H,5-8H2,1-2H3. The van der Waals surface area contributed by atoms with Crippen LogP contribution in [0.25, 0.3) is 0 Å². The minimum atomic E-state index is 0.101. The van der Waals surface area contributed by atoms with Gasteiger partial charge in [0.15, 0.2) is 0 Å². The Labute approximate surface area is 108 Å². The summed E-state index contributed by atoms with van der Waals surface area (Å²) in [7, 11) is 0. The van der Waals surface area contributed by atoms with Crippen LogP contribution in [0.2, 0.25) is 0 Å². The summed E-state index contributed by atoms with van der Waals surface area (Å²) < 4.78 is 0. The van der Waals surface area contributed by atoms with Crippen molar-refractivity contribution in [3.8, 4) is 6.07 Å². The van der Waals surface area contributed by atoms with E-state index in [9.17, 15) is 4.79 Å². The van der Waals surface area contributed by atoms with Crippen molar-refractivity contribution in [3.63, 3.8) is 0 Å². The summed E-state index contributed by atoms with van der Waals surface area (Å²) in [5, 5.41) is 8.85. The molecule has 18 heavy (non-hydrogen) atoms. The monoisotopic (exact) mass is 242 g/mol. The van der Waals surface area contributed by atoms with Gasteiger partial charge in [0.25, 0.3) is 5.91 Å². The van der Waals surface area contributed by atoms with Gasteiger partial charge in [0, 0.05) is 24.6 Å². The fourth-order valence-electron chi connectivity index (χ4n) is 2.44. The third-order valence-corrected chi connectivity index (χ3v) is 3.58. The lowest BCUT2D eigenvalue weighted by Crippen LogP contribution is -2.38. The average molecular weight is 242 g/mol. The van der Waals surface area contributed by atoms with Crippen LogP contribution in [0.1, 0.15) is 34.3 Å². The molecule has 0 bridgehead atoms. The fourth-order valence-corrected chi connectivity index (χ4v) is 2.44. The van der Waals surface area contributed by atoms with Gasteiger partial charge < -0.3 is 4.90 Å². The van der Waals surface area contributed by atoms with Gasteiger partial charge in [-0.25, -0.2) is 0 Å². The first-order chi connectivity index (χ1) is 8.61. The second kappa shape index (κ2) is 5.22. The van der Waals surface area contributed by atoms with Gasteiger partial charge in [-0.3, -0.25) is 4.79 Å². The van der Waals surface area contributed by atoms with Crippen LogP contribution in [-0.2, 0) is 0 Å². The van der Waals surface area contributed by atoms with Gasteiger partial charge in [-0.15, -0.1) is 0 Å². The Morgan fingerprint density at radius 2 is 2.00 bits per heavy atom. The highest BCUT2D eigenvalue weighted by molar-refractivity contribution is 5.95. The first kappa shape index (κ1) is 12.6. The van der Waals surface area contributed by atoms with E-state index in [4.69, 9.17) is 5.26 Å². The lowest BCUT2D eigenvalue weighted by Gasteiger charge is -2.29. The Morgan fingerprint density at radius 3 is 2.56 bits per heavy atom. The van der Waals surface area contributed by atoms with E-state index in [2.05, 4.69) is 6.07 Å². The molecule has 1 aliphatic heterocycles. The highest BCUT2D eigenvalue weighted by Crippen LogP contribution is 2.20. The van der Waals surface area contributed by atoms with Crippen LogP contribution < -0.4 is 0 Å². The van der Waals surface area contributed by atoms with E-state index in [0.717, 1.165) is 24.0 Å². The number of likely N-dealkylation sites (tertiary alicyclic amines) is 1. The van der Waals surface area contributed by atoms with E-state index < -0.39 is 0 Å². The predicted molar refractivity (Wildman–Crippen MR) is 70.2 cm³/mol. The lowest BCUT2D eigenvalue weighted by molar-refractivity contribution is 0.0706. The van der Waals surface area contributed by atoms with Crippen molar-refractivity contribution in [3.05, 3.63) is 34.9 Å². The second-order valence-electron chi connectivity index (χ2n) is 5.01. The molecule has 0 atom stereocenters. The first-order valence-corrected chi connectivity index (χ1v) is 6.38. The first-order valence-electron chi connectivity index (χ1n) is 6.38.